The molecule has 5 heteroatoms. The second kappa shape index (κ2) is 3.74. The van der Waals surface area contributed by atoms with E-state index >= 15 is 0 Å². The summed E-state index contributed by atoms with van der Waals surface area (Å²) in [6.07, 6.45) is 0. The van der Waals surface area contributed by atoms with E-state index in [0.717, 1.165) is 15.0 Å². The molecule has 13 heavy (non-hydrogen) atoms. The Morgan fingerprint density at radius 1 is 1.38 bits per heavy atom. The number of benzene rings is 1. The van der Waals surface area contributed by atoms with Crippen molar-refractivity contribution in [3.63, 3.8) is 0 Å². The molecule has 0 spiro atoms. The van der Waals surface area contributed by atoms with E-state index in [1.165, 1.54) is 11.3 Å². The summed E-state index contributed by atoms with van der Waals surface area (Å²) >= 11 is 10.8. The normalized spacial score (nSPS) is 10.3. The lowest BCUT2D eigenvalue weighted by atomic mass is 10.2. The molecule has 0 bridgehead atoms. The fourth-order valence-corrected chi connectivity index (χ4v) is 1.91. The van der Waals surface area contributed by atoms with Gasteiger partial charge in [0.1, 0.15) is 10.5 Å². The van der Waals surface area contributed by atoms with Crippen LogP contribution in [-0.4, -0.2) is 10.2 Å². The zero-order chi connectivity index (χ0) is 9.26. The zero-order valence-corrected chi connectivity index (χ0v) is 9.53. The van der Waals surface area contributed by atoms with Crippen molar-refractivity contribution >= 4 is 38.9 Å². The second-order valence-corrected chi connectivity index (χ2v) is 4.47. The molecule has 1 aromatic heterocycles. The first kappa shape index (κ1) is 9.12. The molecule has 0 saturated heterocycles. The number of halogens is 2. The Morgan fingerprint density at radius 3 is 2.85 bits per heavy atom. The Bertz CT molecular complexity index is 416. The molecule has 0 radical (unpaired) electrons. The fraction of sp³-hybridized carbons (Fsp3) is 0. The lowest BCUT2D eigenvalue weighted by molar-refractivity contribution is 1.10. The molecule has 1 aromatic carbocycles. The van der Waals surface area contributed by atoms with Crippen molar-refractivity contribution in [1.29, 1.82) is 0 Å². The summed E-state index contributed by atoms with van der Waals surface area (Å²) in [7, 11) is 0. The molecule has 0 amide bonds. The van der Waals surface area contributed by atoms with Crippen LogP contribution in [0.15, 0.2) is 28.2 Å². The van der Waals surface area contributed by atoms with Crippen molar-refractivity contribution in [2.75, 3.05) is 0 Å². The molecule has 0 saturated carbocycles. The van der Waals surface area contributed by atoms with Crippen molar-refractivity contribution in [2.24, 2.45) is 0 Å². The lowest BCUT2D eigenvalue weighted by Crippen LogP contribution is -1.77. The van der Waals surface area contributed by atoms with Gasteiger partial charge in [0.15, 0.2) is 0 Å². The average Bonchev–Trinajstić information content (AvgIpc) is 2.62. The summed E-state index contributed by atoms with van der Waals surface area (Å²) < 4.78 is 0.891. The van der Waals surface area contributed by atoms with Gasteiger partial charge in [-0.3, -0.25) is 0 Å². The van der Waals surface area contributed by atoms with Crippen LogP contribution in [0.3, 0.4) is 0 Å². The van der Waals surface area contributed by atoms with Gasteiger partial charge in [-0.25, -0.2) is 0 Å². The average molecular weight is 276 g/mol. The number of nitrogens with zero attached hydrogens (tertiary/aromatic N) is 2. The third-order valence-corrected chi connectivity index (χ3v) is 3.50. The highest BCUT2D eigenvalue weighted by Crippen LogP contribution is 2.29. The van der Waals surface area contributed by atoms with Crippen LogP contribution < -0.4 is 0 Å². The molecule has 2 aromatic rings. The van der Waals surface area contributed by atoms with E-state index in [0.29, 0.717) is 5.02 Å². The highest BCUT2D eigenvalue weighted by atomic mass is 79.9. The molecule has 0 fully saturated rings. The lowest BCUT2D eigenvalue weighted by Gasteiger charge is -1.98. The maximum atomic E-state index is 5.94. The van der Waals surface area contributed by atoms with E-state index in [4.69, 9.17) is 11.6 Å². The van der Waals surface area contributed by atoms with Gasteiger partial charge >= 0.3 is 0 Å². The monoisotopic (exact) mass is 274 g/mol. The number of aromatic nitrogens is 2. The van der Waals surface area contributed by atoms with E-state index in [-0.39, 0.29) is 0 Å². The quantitative estimate of drug-likeness (QED) is 0.794. The summed E-state index contributed by atoms with van der Waals surface area (Å²) in [4.78, 5) is 0. The van der Waals surface area contributed by atoms with E-state index in [1.54, 1.807) is 5.51 Å². The molecule has 0 aliphatic carbocycles. The van der Waals surface area contributed by atoms with Crippen molar-refractivity contribution < 1.29 is 0 Å². The Morgan fingerprint density at radius 2 is 2.23 bits per heavy atom. The van der Waals surface area contributed by atoms with Crippen molar-refractivity contribution in [3.8, 4) is 10.6 Å². The Kier molecular flexibility index (Phi) is 2.62. The third-order valence-electron chi connectivity index (χ3n) is 1.53. The molecule has 0 atom stereocenters. The SMILES string of the molecule is Clc1cc(-c2nncs2)ccc1Br. The standard InChI is InChI=1S/C8H4BrClN2S/c9-6-2-1-5(3-7(6)10)8-12-11-4-13-8/h1-4H. The highest BCUT2D eigenvalue weighted by Gasteiger charge is 2.03. The first-order valence-electron chi connectivity index (χ1n) is 3.49. The van der Waals surface area contributed by atoms with Crippen LogP contribution >= 0.6 is 38.9 Å². The number of hydrogen-bond donors (Lipinski definition) is 0. The molecule has 0 N–H and O–H groups in total. The Labute approximate surface area is 92.7 Å². The fourth-order valence-electron chi connectivity index (χ4n) is 0.928. The maximum Gasteiger partial charge on any atom is 0.147 e. The van der Waals surface area contributed by atoms with Gasteiger partial charge in [0.05, 0.1) is 5.02 Å². The van der Waals surface area contributed by atoms with Gasteiger partial charge in [-0.2, -0.15) is 0 Å². The molecule has 0 aliphatic rings. The molecule has 66 valence electrons. The molecular formula is C8H4BrClN2S. The van der Waals surface area contributed by atoms with Crippen LogP contribution in [0.25, 0.3) is 10.6 Å². The molecule has 1 heterocycles. The van der Waals surface area contributed by atoms with Gasteiger partial charge in [-0.1, -0.05) is 29.0 Å². The number of rotatable bonds is 1. The Hall–Kier alpha value is -0.450. The summed E-state index contributed by atoms with van der Waals surface area (Å²) in [6, 6.07) is 5.72. The van der Waals surface area contributed by atoms with Gasteiger partial charge in [0.25, 0.3) is 0 Å². The van der Waals surface area contributed by atoms with E-state index in [2.05, 4.69) is 26.1 Å². The summed E-state index contributed by atoms with van der Waals surface area (Å²) in [6.45, 7) is 0. The van der Waals surface area contributed by atoms with Crippen LogP contribution in [0, 0.1) is 0 Å². The largest absolute Gasteiger partial charge is 0.147 e. The van der Waals surface area contributed by atoms with Crippen LogP contribution in [0.5, 0.6) is 0 Å². The molecule has 2 rings (SSSR count). The number of hydrogen-bond acceptors (Lipinski definition) is 3. The molecular weight excluding hydrogens is 272 g/mol. The van der Waals surface area contributed by atoms with Gasteiger partial charge < -0.3 is 0 Å². The topological polar surface area (TPSA) is 25.8 Å². The van der Waals surface area contributed by atoms with E-state index in [9.17, 15) is 0 Å². The second-order valence-electron chi connectivity index (χ2n) is 2.37. The summed E-state index contributed by atoms with van der Waals surface area (Å²) in [5.41, 5.74) is 2.70. The van der Waals surface area contributed by atoms with Crippen LogP contribution in [0.4, 0.5) is 0 Å². The maximum absolute atomic E-state index is 5.94. The molecule has 0 aliphatic heterocycles. The van der Waals surface area contributed by atoms with Gasteiger partial charge in [-0.15, -0.1) is 10.2 Å². The van der Waals surface area contributed by atoms with Gasteiger partial charge in [-0.05, 0) is 28.1 Å². The Balaban J connectivity index is 2.49. The van der Waals surface area contributed by atoms with Crippen LogP contribution in [0.1, 0.15) is 0 Å². The minimum atomic E-state index is 0.688. The molecule has 2 nitrogen and oxygen atoms in total. The van der Waals surface area contributed by atoms with Crippen molar-refractivity contribution in [3.05, 3.63) is 33.2 Å². The van der Waals surface area contributed by atoms with E-state index < -0.39 is 0 Å². The van der Waals surface area contributed by atoms with Gasteiger partial charge in [0.2, 0.25) is 0 Å². The molecule has 0 unspecified atom stereocenters. The minimum Gasteiger partial charge on any atom is -0.147 e. The third kappa shape index (κ3) is 1.90. The van der Waals surface area contributed by atoms with E-state index in [1.807, 2.05) is 18.2 Å². The van der Waals surface area contributed by atoms with Crippen molar-refractivity contribution in [1.82, 2.24) is 10.2 Å². The van der Waals surface area contributed by atoms with Gasteiger partial charge in [0, 0.05) is 10.0 Å². The highest BCUT2D eigenvalue weighted by molar-refractivity contribution is 9.10. The van der Waals surface area contributed by atoms with Crippen LogP contribution in [-0.2, 0) is 0 Å². The summed E-state index contributed by atoms with van der Waals surface area (Å²) in [5, 5.41) is 9.29. The smallest absolute Gasteiger partial charge is 0.147 e. The summed E-state index contributed by atoms with van der Waals surface area (Å²) in [5.74, 6) is 0. The first-order valence-corrected chi connectivity index (χ1v) is 5.54. The van der Waals surface area contributed by atoms with Crippen LogP contribution in [0.2, 0.25) is 5.02 Å². The zero-order valence-electron chi connectivity index (χ0n) is 6.37. The van der Waals surface area contributed by atoms with Crippen molar-refractivity contribution in [2.45, 2.75) is 0 Å². The predicted molar refractivity (Wildman–Crippen MR) is 58.1 cm³/mol. The first-order chi connectivity index (χ1) is 6.27. The minimum absolute atomic E-state index is 0.688. The predicted octanol–water partition coefficient (Wildman–Crippen LogP) is 3.62.